The highest BCUT2D eigenvalue weighted by Crippen LogP contribution is 2.27. The average Bonchev–Trinajstić information content (AvgIpc) is 2.51. The van der Waals surface area contributed by atoms with Crippen molar-refractivity contribution < 1.29 is 9.90 Å². The van der Waals surface area contributed by atoms with Crippen LogP contribution in [0.2, 0.25) is 0 Å². The summed E-state index contributed by atoms with van der Waals surface area (Å²) in [7, 11) is 0. The van der Waals surface area contributed by atoms with Crippen molar-refractivity contribution in [1.82, 2.24) is 4.98 Å². The molecule has 0 saturated carbocycles. The number of carboxylic acid groups (broad SMARTS) is 1. The zero-order chi connectivity index (χ0) is 9.26. The lowest BCUT2D eigenvalue weighted by atomic mass is 9.95. The Morgan fingerprint density at radius 1 is 1.62 bits per heavy atom. The minimum Gasteiger partial charge on any atom is -0.481 e. The first-order valence-corrected chi connectivity index (χ1v) is 4.35. The van der Waals surface area contributed by atoms with Gasteiger partial charge in [0.2, 0.25) is 0 Å². The Balaban J connectivity index is 2.30. The second-order valence-corrected chi connectivity index (χ2v) is 3.21. The molecule has 0 atom stereocenters. The SMILES string of the molecule is O=C(O)CC1=CCCc2[nH]ccc21. The summed E-state index contributed by atoms with van der Waals surface area (Å²) in [5.41, 5.74) is 3.18. The molecule has 3 heteroatoms. The van der Waals surface area contributed by atoms with Crippen molar-refractivity contribution in [2.75, 3.05) is 0 Å². The maximum absolute atomic E-state index is 10.5. The van der Waals surface area contributed by atoms with E-state index < -0.39 is 5.97 Å². The molecule has 0 aromatic carbocycles. The van der Waals surface area contributed by atoms with E-state index in [0.717, 1.165) is 24.0 Å². The van der Waals surface area contributed by atoms with Gasteiger partial charge in [0.05, 0.1) is 6.42 Å². The van der Waals surface area contributed by atoms with Crippen molar-refractivity contribution in [1.29, 1.82) is 0 Å². The Morgan fingerprint density at radius 3 is 3.23 bits per heavy atom. The van der Waals surface area contributed by atoms with Crippen molar-refractivity contribution in [3.05, 3.63) is 29.6 Å². The number of aromatic amines is 1. The fraction of sp³-hybridized carbons (Fsp3) is 0.300. The number of aliphatic carboxylic acids is 1. The van der Waals surface area contributed by atoms with Gasteiger partial charge >= 0.3 is 5.97 Å². The van der Waals surface area contributed by atoms with Gasteiger partial charge in [0.1, 0.15) is 0 Å². The zero-order valence-corrected chi connectivity index (χ0v) is 7.21. The lowest BCUT2D eigenvalue weighted by Crippen LogP contribution is -2.02. The molecule has 0 amide bonds. The van der Waals surface area contributed by atoms with Gasteiger partial charge in [-0.15, -0.1) is 0 Å². The molecule has 2 rings (SSSR count). The first kappa shape index (κ1) is 8.10. The van der Waals surface area contributed by atoms with Gasteiger partial charge in [-0.3, -0.25) is 4.79 Å². The van der Waals surface area contributed by atoms with E-state index in [2.05, 4.69) is 4.98 Å². The Hall–Kier alpha value is -1.51. The number of H-pyrrole nitrogens is 1. The molecule has 68 valence electrons. The predicted molar refractivity (Wildman–Crippen MR) is 49.3 cm³/mol. The maximum Gasteiger partial charge on any atom is 0.307 e. The van der Waals surface area contributed by atoms with Gasteiger partial charge in [-0.05, 0) is 30.0 Å². The molecule has 0 fully saturated rings. The number of allylic oxidation sites excluding steroid dienone is 1. The molecule has 0 spiro atoms. The molecule has 0 bridgehead atoms. The molecule has 1 aromatic heterocycles. The van der Waals surface area contributed by atoms with E-state index in [9.17, 15) is 4.79 Å². The van der Waals surface area contributed by atoms with Crippen LogP contribution in [0.5, 0.6) is 0 Å². The second kappa shape index (κ2) is 3.09. The van der Waals surface area contributed by atoms with Gasteiger partial charge in [-0.25, -0.2) is 0 Å². The molecule has 0 radical (unpaired) electrons. The Morgan fingerprint density at radius 2 is 2.46 bits per heavy atom. The number of aryl methyl sites for hydroxylation is 1. The summed E-state index contributed by atoms with van der Waals surface area (Å²) in [5, 5.41) is 8.68. The van der Waals surface area contributed by atoms with E-state index in [0.29, 0.717) is 0 Å². The predicted octanol–water partition coefficient (Wildman–Crippen LogP) is 1.82. The number of rotatable bonds is 2. The van der Waals surface area contributed by atoms with Gasteiger partial charge in [0.25, 0.3) is 0 Å². The third-order valence-electron chi connectivity index (χ3n) is 2.31. The largest absolute Gasteiger partial charge is 0.481 e. The molecular weight excluding hydrogens is 166 g/mol. The minimum absolute atomic E-state index is 0.130. The van der Waals surface area contributed by atoms with Crippen LogP contribution in [0.4, 0.5) is 0 Å². The van der Waals surface area contributed by atoms with E-state index in [4.69, 9.17) is 5.11 Å². The van der Waals surface area contributed by atoms with E-state index in [1.54, 1.807) is 0 Å². The normalized spacial score (nSPS) is 14.9. The highest BCUT2D eigenvalue weighted by Gasteiger charge is 2.14. The van der Waals surface area contributed by atoms with Crippen LogP contribution in [0.3, 0.4) is 0 Å². The van der Waals surface area contributed by atoms with Crippen LogP contribution in [0.1, 0.15) is 24.1 Å². The van der Waals surface area contributed by atoms with Crippen LogP contribution in [-0.2, 0) is 11.2 Å². The van der Waals surface area contributed by atoms with Crippen LogP contribution < -0.4 is 0 Å². The molecule has 13 heavy (non-hydrogen) atoms. The summed E-state index contributed by atoms with van der Waals surface area (Å²) in [6.45, 7) is 0. The number of nitrogens with one attached hydrogen (secondary N) is 1. The van der Waals surface area contributed by atoms with Crippen LogP contribution in [0, 0.1) is 0 Å². The zero-order valence-electron chi connectivity index (χ0n) is 7.21. The van der Waals surface area contributed by atoms with Crippen molar-refractivity contribution >= 4 is 11.5 Å². The second-order valence-electron chi connectivity index (χ2n) is 3.21. The van der Waals surface area contributed by atoms with Gasteiger partial charge in [0.15, 0.2) is 0 Å². The molecular formula is C10H11NO2. The van der Waals surface area contributed by atoms with Gasteiger partial charge in [-0.2, -0.15) is 0 Å². The number of fused-ring (bicyclic) bond motifs is 1. The van der Waals surface area contributed by atoms with Crippen LogP contribution in [0.25, 0.3) is 5.57 Å². The summed E-state index contributed by atoms with van der Waals surface area (Å²) in [6.07, 6.45) is 5.95. The number of hydrogen-bond donors (Lipinski definition) is 2. The van der Waals surface area contributed by atoms with Gasteiger partial charge < -0.3 is 10.1 Å². The first-order valence-electron chi connectivity index (χ1n) is 4.35. The van der Waals surface area contributed by atoms with Gasteiger partial charge in [-0.1, -0.05) is 6.08 Å². The van der Waals surface area contributed by atoms with E-state index in [-0.39, 0.29) is 6.42 Å². The van der Waals surface area contributed by atoms with Crippen molar-refractivity contribution in [2.24, 2.45) is 0 Å². The van der Waals surface area contributed by atoms with Crippen molar-refractivity contribution in [3.63, 3.8) is 0 Å². The van der Waals surface area contributed by atoms with E-state index >= 15 is 0 Å². The molecule has 2 N–H and O–H groups in total. The van der Waals surface area contributed by atoms with Crippen molar-refractivity contribution in [3.8, 4) is 0 Å². The Bertz CT molecular complexity index is 363. The summed E-state index contributed by atoms with van der Waals surface area (Å²) >= 11 is 0. The highest BCUT2D eigenvalue weighted by atomic mass is 16.4. The van der Waals surface area contributed by atoms with E-state index in [1.807, 2.05) is 18.3 Å². The molecule has 0 unspecified atom stereocenters. The van der Waals surface area contributed by atoms with Crippen LogP contribution >= 0.6 is 0 Å². The summed E-state index contributed by atoms with van der Waals surface area (Å²) in [5.74, 6) is -0.764. The lowest BCUT2D eigenvalue weighted by molar-refractivity contribution is -0.135. The molecule has 1 heterocycles. The fourth-order valence-corrected chi connectivity index (χ4v) is 1.74. The quantitative estimate of drug-likeness (QED) is 0.723. The summed E-state index contributed by atoms with van der Waals surface area (Å²) in [6, 6.07) is 1.95. The van der Waals surface area contributed by atoms with Crippen LogP contribution in [-0.4, -0.2) is 16.1 Å². The number of carbonyl (C=O) groups is 1. The number of carboxylic acids is 1. The third-order valence-corrected chi connectivity index (χ3v) is 2.31. The molecule has 3 nitrogen and oxygen atoms in total. The molecule has 0 saturated heterocycles. The summed E-state index contributed by atoms with van der Waals surface area (Å²) in [4.78, 5) is 13.7. The Labute approximate surface area is 76.1 Å². The summed E-state index contributed by atoms with van der Waals surface area (Å²) < 4.78 is 0. The Kier molecular flexibility index (Phi) is 1.93. The monoisotopic (exact) mass is 177 g/mol. The topological polar surface area (TPSA) is 53.1 Å². The number of aromatic nitrogens is 1. The molecule has 1 aliphatic carbocycles. The highest BCUT2D eigenvalue weighted by molar-refractivity contribution is 5.85. The molecule has 0 aliphatic heterocycles. The fourth-order valence-electron chi connectivity index (χ4n) is 1.74. The smallest absolute Gasteiger partial charge is 0.307 e. The lowest BCUT2D eigenvalue weighted by Gasteiger charge is -2.11. The van der Waals surface area contributed by atoms with Gasteiger partial charge in [0, 0.05) is 11.9 Å². The number of hydrogen-bond acceptors (Lipinski definition) is 1. The van der Waals surface area contributed by atoms with Crippen molar-refractivity contribution in [2.45, 2.75) is 19.3 Å². The standard InChI is InChI=1S/C10H11NO2/c12-10(13)6-7-2-1-3-9-8(7)4-5-11-9/h2,4-5,11H,1,3,6H2,(H,12,13). The molecule has 1 aliphatic rings. The van der Waals surface area contributed by atoms with E-state index in [1.165, 1.54) is 5.69 Å². The minimum atomic E-state index is -0.764. The maximum atomic E-state index is 10.5. The third kappa shape index (κ3) is 1.49. The molecule has 1 aromatic rings. The first-order chi connectivity index (χ1) is 6.27. The average molecular weight is 177 g/mol. The van der Waals surface area contributed by atoms with Crippen LogP contribution in [0.15, 0.2) is 18.3 Å².